The number of hydrogen-bond donors (Lipinski definition) is 1. The highest BCUT2D eigenvalue weighted by Gasteiger charge is 2.50. The Balaban J connectivity index is 1.72. The van der Waals surface area contributed by atoms with E-state index in [0.29, 0.717) is 17.3 Å². The zero-order valence-corrected chi connectivity index (χ0v) is 9.99. The minimum absolute atomic E-state index is 0.373. The third-order valence-electron chi connectivity index (χ3n) is 3.97. The highest BCUT2D eigenvalue weighted by atomic mass is 16.5. The van der Waals surface area contributed by atoms with Crippen LogP contribution < -0.4 is 5.32 Å². The Bertz CT molecular complexity index is 379. The lowest BCUT2D eigenvalue weighted by atomic mass is 9.98. The summed E-state index contributed by atoms with van der Waals surface area (Å²) < 4.78 is 5.40. The first-order valence-corrected chi connectivity index (χ1v) is 6.21. The molecule has 88 valence electrons. The molecular weight excluding hydrogens is 202 g/mol. The summed E-state index contributed by atoms with van der Waals surface area (Å²) in [5.74, 6) is 2.79. The van der Waals surface area contributed by atoms with Crippen LogP contribution in [0.15, 0.2) is 4.52 Å². The molecule has 1 unspecified atom stereocenters. The monoisotopic (exact) mass is 221 g/mol. The smallest absolute Gasteiger partial charge is 0.230 e. The van der Waals surface area contributed by atoms with Gasteiger partial charge in [-0.2, -0.15) is 4.98 Å². The summed E-state index contributed by atoms with van der Waals surface area (Å²) >= 11 is 0. The molecule has 1 saturated heterocycles. The van der Waals surface area contributed by atoms with Crippen LogP contribution in [0.4, 0.5) is 0 Å². The number of nitrogens with zero attached hydrogens (tertiary/aromatic N) is 2. The van der Waals surface area contributed by atoms with E-state index in [1.165, 1.54) is 6.42 Å². The molecule has 4 nitrogen and oxygen atoms in total. The zero-order chi connectivity index (χ0) is 11.2. The summed E-state index contributed by atoms with van der Waals surface area (Å²) in [6.07, 6.45) is 3.45. The van der Waals surface area contributed by atoms with E-state index >= 15 is 0 Å². The molecule has 2 fully saturated rings. The lowest BCUT2D eigenvalue weighted by Crippen LogP contribution is -2.27. The van der Waals surface area contributed by atoms with Gasteiger partial charge in [-0.25, -0.2) is 0 Å². The maximum Gasteiger partial charge on any atom is 0.230 e. The molecule has 16 heavy (non-hydrogen) atoms. The Morgan fingerprint density at radius 2 is 2.00 bits per heavy atom. The molecule has 0 spiro atoms. The highest BCUT2D eigenvalue weighted by molar-refractivity contribution is 5.14. The molecule has 1 aromatic rings. The fourth-order valence-corrected chi connectivity index (χ4v) is 2.52. The Morgan fingerprint density at radius 3 is 2.62 bits per heavy atom. The van der Waals surface area contributed by atoms with Crippen LogP contribution in [-0.4, -0.2) is 23.2 Å². The van der Waals surface area contributed by atoms with E-state index in [-0.39, 0.29) is 0 Å². The SMILES string of the molecule is CC1(C)CC1c1nc(C2CCNCC2)no1. The maximum absolute atomic E-state index is 5.40. The van der Waals surface area contributed by atoms with Crippen molar-refractivity contribution in [2.24, 2.45) is 5.41 Å². The Hall–Kier alpha value is -0.900. The number of rotatable bonds is 2. The van der Waals surface area contributed by atoms with Crippen molar-refractivity contribution in [2.45, 2.75) is 44.9 Å². The van der Waals surface area contributed by atoms with Crippen LogP contribution in [-0.2, 0) is 0 Å². The van der Waals surface area contributed by atoms with Gasteiger partial charge in [-0.3, -0.25) is 0 Å². The van der Waals surface area contributed by atoms with Crippen molar-refractivity contribution in [1.82, 2.24) is 15.5 Å². The Labute approximate surface area is 95.8 Å². The molecule has 0 aromatic carbocycles. The Morgan fingerprint density at radius 1 is 1.31 bits per heavy atom. The van der Waals surface area contributed by atoms with E-state index in [0.717, 1.165) is 37.6 Å². The normalized spacial score (nSPS) is 29.2. The lowest BCUT2D eigenvalue weighted by Gasteiger charge is -2.18. The van der Waals surface area contributed by atoms with Gasteiger partial charge in [0, 0.05) is 11.8 Å². The summed E-state index contributed by atoms with van der Waals surface area (Å²) in [6.45, 7) is 6.66. The van der Waals surface area contributed by atoms with Crippen LogP contribution in [0.3, 0.4) is 0 Å². The van der Waals surface area contributed by atoms with Gasteiger partial charge in [0.05, 0.1) is 0 Å². The lowest BCUT2D eigenvalue weighted by molar-refractivity contribution is 0.353. The van der Waals surface area contributed by atoms with Crippen molar-refractivity contribution in [2.75, 3.05) is 13.1 Å². The van der Waals surface area contributed by atoms with Gasteiger partial charge in [0.1, 0.15) is 0 Å². The quantitative estimate of drug-likeness (QED) is 0.830. The molecule has 0 amide bonds. The van der Waals surface area contributed by atoms with Gasteiger partial charge in [-0.1, -0.05) is 19.0 Å². The number of aromatic nitrogens is 2. The number of hydrogen-bond acceptors (Lipinski definition) is 4. The van der Waals surface area contributed by atoms with Crippen LogP contribution in [0.2, 0.25) is 0 Å². The first-order valence-electron chi connectivity index (χ1n) is 6.21. The Kier molecular flexibility index (Phi) is 2.28. The first-order chi connectivity index (χ1) is 7.67. The molecule has 1 aliphatic carbocycles. The van der Waals surface area contributed by atoms with E-state index < -0.39 is 0 Å². The van der Waals surface area contributed by atoms with Crippen LogP contribution >= 0.6 is 0 Å². The summed E-state index contributed by atoms with van der Waals surface area (Å²) in [7, 11) is 0. The topological polar surface area (TPSA) is 51.0 Å². The molecule has 1 aliphatic heterocycles. The predicted octanol–water partition coefficient (Wildman–Crippen LogP) is 2.05. The van der Waals surface area contributed by atoms with Gasteiger partial charge in [0.25, 0.3) is 0 Å². The van der Waals surface area contributed by atoms with E-state index in [1.54, 1.807) is 0 Å². The molecule has 2 heterocycles. The van der Waals surface area contributed by atoms with E-state index in [2.05, 4.69) is 29.3 Å². The molecular formula is C12H19N3O. The van der Waals surface area contributed by atoms with Crippen LogP contribution in [0.25, 0.3) is 0 Å². The molecule has 2 aliphatic rings. The van der Waals surface area contributed by atoms with Crippen molar-refractivity contribution < 1.29 is 4.52 Å². The minimum Gasteiger partial charge on any atom is -0.339 e. The van der Waals surface area contributed by atoms with Gasteiger partial charge >= 0.3 is 0 Å². The summed E-state index contributed by atoms with van der Waals surface area (Å²) in [4.78, 5) is 4.59. The fraction of sp³-hybridized carbons (Fsp3) is 0.833. The largest absolute Gasteiger partial charge is 0.339 e. The molecule has 0 radical (unpaired) electrons. The van der Waals surface area contributed by atoms with Crippen LogP contribution in [0, 0.1) is 5.41 Å². The summed E-state index contributed by atoms with van der Waals surface area (Å²) in [5, 5.41) is 7.51. The molecule has 0 bridgehead atoms. The average molecular weight is 221 g/mol. The fourth-order valence-electron chi connectivity index (χ4n) is 2.52. The molecule has 1 atom stereocenters. The molecule has 4 heteroatoms. The highest BCUT2D eigenvalue weighted by Crippen LogP contribution is 2.58. The van der Waals surface area contributed by atoms with E-state index in [4.69, 9.17) is 4.52 Å². The van der Waals surface area contributed by atoms with Crippen molar-refractivity contribution in [3.63, 3.8) is 0 Å². The molecule has 3 rings (SSSR count). The second-order valence-electron chi connectivity index (χ2n) is 5.76. The van der Waals surface area contributed by atoms with Crippen molar-refractivity contribution in [3.8, 4) is 0 Å². The number of nitrogens with one attached hydrogen (secondary N) is 1. The summed E-state index contributed by atoms with van der Waals surface area (Å²) in [6, 6.07) is 0. The van der Waals surface area contributed by atoms with Crippen molar-refractivity contribution in [1.29, 1.82) is 0 Å². The van der Waals surface area contributed by atoms with Gasteiger partial charge in [0.15, 0.2) is 5.82 Å². The molecule has 1 N–H and O–H groups in total. The van der Waals surface area contributed by atoms with E-state index in [1.807, 2.05) is 0 Å². The van der Waals surface area contributed by atoms with E-state index in [9.17, 15) is 0 Å². The predicted molar refractivity (Wildman–Crippen MR) is 60.3 cm³/mol. The standard InChI is InChI=1S/C12H19N3O/c1-12(2)7-9(12)11-14-10(15-16-11)8-3-5-13-6-4-8/h8-9,13H,3-7H2,1-2H3. The number of piperidine rings is 1. The van der Waals surface area contributed by atoms with Gasteiger partial charge in [0.2, 0.25) is 5.89 Å². The molecule has 1 saturated carbocycles. The van der Waals surface area contributed by atoms with Crippen LogP contribution in [0.1, 0.15) is 56.7 Å². The van der Waals surface area contributed by atoms with Gasteiger partial charge in [-0.15, -0.1) is 0 Å². The molecule has 1 aromatic heterocycles. The second-order valence-corrected chi connectivity index (χ2v) is 5.76. The zero-order valence-electron chi connectivity index (χ0n) is 9.99. The first kappa shape index (κ1) is 10.3. The van der Waals surface area contributed by atoms with Gasteiger partial charge in [-0.05, 0) is 37.8 Å². The summed E-state index contributed by atoms with van der Waals surface area (Å²) in [5.41, 5.74) is 0.373. The van der Waals surface area contributed by atoms with Crippen molar-refractivity contribution in [3.05, 3.63) is 11.7 Å². The van der Waals surface area contributed by atoms with Crippen LogP contribution in [0.5, 0.6) is 0 Å². The third kappa shape index (κ3) is 1.75. The maximum atomic E-state index is 5.40. The second kappa shape index (κ2) is 3.55. The van der Waals surface area contributed by atoms with Gasteiger partial charge < -0.3 is 9.84 Å². The third-order valence-corrected chi connectivity index (χ3v) is 3.97. The average Bonchev–Trinajstić information content (AvgIpc) is 2.76. The van der Waals surface area contributed by atoms with Crippen molar-refractivity contribution >= 4 is 0 Å². The minimum atomic E-state index is 0.373.